The lowest BCUT2D eigenvalue weighted by Crippen LogP contribution is -2.35. The first-order valence-electron chi connectivity index (χ1n) is 9.08. The minimum atomic E-state index is -0.310. The van der Waals surface area contributed by atoms with E-state index < -0.39 is 0 Å². The van der Waals surface area contributed by atoms with Crippen LogP contribution in [0, 0.1) is 0 Å². The monoisotopic (exact) mass is 386 g/mol. The Morgan fingerprint density at radius 1 is 1.22 bits per heavy atom. The van der Waals surface area contributed by atoms with Crippen molar-refractivity contribution in [2.75, 3.05) is 23.3 Å². The Morgan fingerprint density at radius 2 is 2.00 bits per heavy atom. The summed E-state index contributed by atoms with van der Waals surface area (Å²) in [6, 6.07) is 10.7. The van der Waals surface area contributed by atoms with E-state index in [1.54, 1.807) is 19.1 Å². The van der Waals surface area contributed by atoms with Gasteiger partial charge in [-0.2, -0.15) is 0 Å². The average molecular weight is 387 g/mol. The average Bonchev–Trinajstić information content (AvgIpc) is 3.17. The van der Waals surface area contributed by atoms with Crippen LogP contribution in [-0.4, -0.2) is 35.9 Å². The van der Waals surface area contributed by atoms with Crippen LogP contribution in [0.5, 0.6) is 0 Å². The predicted octanol–water partition coefficient (Wildman–Crippen LogP) is 3.48. The number of hydrogen-bond donors (Lipinski definition) is 2. The molecule has 1 aromatic heterocycles. The number of carbonyl (C=O) groups is 2. The van der Waals surface area contributed by atoms with Crippen LogP contribution in [0.1, 0.15) is 36.5 Å². The zero-order chi connectivity index (χ0) is 19.2. The Morgan fingerprint density at radius 3 is 2.70 bits per heavy atom. The third-order valence-corrected chi connectivity index (χ3v) is 4.68. The molecule has 0 spiro atoms. The number of hydrogen-bond acceptors (Lipinski definition) is 4. The molecule has 2 heterocycles. The molecule has 3 rings (SSSR count). The number of aromatic nitrogens is 1. The normalized spacial score (nSPS) is 14.7. The van der Waals surface area contributed by atoms with Crippen molar-refractivity contribution in [2.45, 2.75) is 32.2 Å². The van der Waals surface area contributed by atoms with Crippen molar-refractivity contribution in [1.29, 1.82) is 0 Å². The van der Waals surface area contributed by atoms with E-state index in [1.807, 2.05) is 18.2 Å². The van der Waals surface area contributed by atoms with Crippen molar-refractivity contribution >= 4 is 34.8 Å². The van der Waals surface area contributed by atoms with Gasteiger partial charge in [0.15, 0.2) is 0 Å². The van der Waals surface area contributed by atoms with Crippen molar-refractivity contribution < 1.29 is 9.59 Å². The Kier molecular flexibility index (Phi) is 6.29. The quantitative estimate of drug-likeness (QED) is 0.745. The molecule has 0 bridgehead atoms. The van der Waals surface area contributed by atoms with E-state index in [0.717, 1.165) is 24.5 Å². The Hall–Kier alpha value is -2.60. The highest BCUT2D eigenvalue weighted by Crippen LogP contribution is 2.23. The molecule has 0 aliphatic carbocycles. The summed E-state index contributed by atoms with van der Waals surface area (Å²) in [6.07, 6.45) is 4.00. The predicted molar refractivity (Wildman–Crippen MR) is 107 cm³/mol. The van der Waals surface area contributed by atoms with Gasteiger partial charge in [0.25, 0.3) is 5.91 Å². The van der Waals surface area contributed by atoms with Crippen LogP contribution in [0.2, 0.25) is 5.15 Å². The summed E-state index contributed by atoms with van der Waals surface area (Å²) >= 11 is 5.72. The highest BCUT2D eigenvalue weighted by molar-refractivity contribution is 6.29. The minimum Gasteiger partial charge on any atom is -0.371 e. The zero-order valence-corrected chi connectivity index (χ0v) is 16.0. The van der Waals surface area contributed by atoms with Gasteiger partial charge in [0.2, 0.25) is 5.91 Å². The molecule has 1 atom stereocenters. The van der Waals surface area contributed by atoms with Crippen molar-refractivity contribution in [1.82, 2.24) is 10.3 Å². The summed E-state index contributed by atoms with van der Waals surface area (Å²) in [5.74, 6) is -0.425. The van der Waals surface area contributed by atoms with Crippen LogP contribution in [0.3, 0.4) is 0 Å². The maximum Gasteiger partial charge on any atom is 0.253 e. The van der Waals surface area contributed by atoms with Gasteiger partial charge in [-0.05, 0) is 50.1 Å². The number of nitrogens with zero attached hydrogens (tertiary/aromatic N) is 2. The first-order valence-corrected chi connectivity index (χ1v) is 9.46. The fourth-order valence-electron chi connectivity index (χ4n) is 3.11. The Balaban J connectivity index is 1.52. The summed E-state index contributed by atoms with van der Waals surface area (Å²) in [4.78, 5) is 30.7. The largest absolute Gasteiger partial charge is 0.371 e. The Bertz CT molecular complexity index is 804. The lowest BCUT2D eigenvalue weighted by molar-refractivity contribution is -0.116. The molecule has 1 aliphatic rings. The SMILES string of the molecule is CC(CC(=O)Nc1cccc(N2CCCC2)c1)NC(=O)c1ccc(Cl)nc1. The summed E-state index contributed by atoms with van der Waals surface area (Å²) in [5, 5.41) is 6.04. The van der Waals surface area contributed by atoms with Crippen LogP contribution in [0.15, 0.2) is 42.6 Å². The van der Waals surface area contributed by atoms with Crippen LogP contribution in [0.4, 0.5) is 11.4 Å². The molecule has 1 aliphatic heterocycles. The van der Waals surface area contributed by atoms with Crippen LogP contribution in [-0.2, 0) is 4.79 Å². The maximum absolute atomic E-state index is 12.3. The van der Waals surface area contributed by atoms with Gasteiger partial charge in [0, 0.05) is 43.1 Å². The molecule has 1 aromatic carbocycles. The summed E-state index contributed by atoms with van der Waals surface area (Å²) in [7, 11) is 0. The maximum atomic E-state index is 12.3. The fraction of sp³-hybridized carbons (Fsp3) is 0.350. The molecule has 0 radical (unpaired) electrons. The van der Waals surface area contributed by atoms with E-state index in [4.69, 9.17) is 11.6 Å². The first-order chi connectivity index (χ1) is 13.0. The van der Waals surface area contributed by atoms with Crippen LogP contribution < -0.4 is 15.5 Å². The third-order valence-electron chi connectivity index (χ3n) is 4.46. The molecule has 142 valence electrons. The van der Waals surface area contributed by atoms with Gasteiger partial charge in [-0.3, -0.25) is 9.59 Å². The molecule has 27 heavy (non-hydrogen) atoms. The van der Waals surface area contributed by atoms with E-state index in [2.05, 4.69) is 26.6 Å². The smallest absolute Gasteiger partial charge is 0.253 e. The number of anilines is 2. The molecular weight excluding hydrogens is 364 g/mol. The summed E-state index contributed by atoms with van der Waals surface area (Å²) < 4.78 is 0. The van der Waals surface area contributed by atoms with Gasteiger partial charge in [0.1, 0.15) is 5.15 Å². The van der Waals surface area contributed by atoms with Crippen molar-refractivity contribution in [3.8, 4) is 0 Å². The molecule has 2 amide bonds. The second-order valence-corrected chi connectivity index (χ2v) is 7.13. The second-order valence-electron chi connectivity index (χ2n) is 6.74. The highest BCUT2D eigenvalue weighted by atomic mass is 35.5. The molecule has 2 N–H and O–H groups in total. The van der Waals surface area contributed by atoms with Gasteiger partial charge in [-0.25, -0.2) is 4.98 Å². The van der Waals surface area contributed by atoms with Crippen molar-refractivity contribution in [3.05, 3.63) is 53.3 Å². The number of carbonyl (C=O) groups excluding carboxylic acids is 2. The first kappa shape index (κ1) is 19.2. The van der Waals surface area contributed by atoms with E-state index in [-0.39, 0.29) is 24.3 Å². The molecular formula is C20H23ClN4O2. The summed E-state index contributed by atoms with van der Waals surface area (Å²) in [6.45, 7) is 3.90. The highest BCUT2D eigenvalue weighted by Gasteiger charge is 2.15. The lowest BCUT2D eigenvalue weighted by Gasteiger charge is -2.19. The third kappa shape index (κ3) is 5.44. The van der Waals surface area contributed by atoms with Gasteiger partial charge >= 0.3 is 0 Å². The Labute approximate surface area is 163 Å². The van der Waals surface area contributed by atoms with Gasteiger partial charge < -0.3 is 15.5 Å². The number of benzene rings is 1. The fourth-order valence-corrected chi connectivity index (χ4v) is 3.23. The molecule has 2 aromatic rings. The number of pyridine rings is 1. The lowest BCUT2D eigenvalue weighted by atomic mass is 10.2. The zero-order valence-electron chi connectivity index (χ0n) is 15.2. The number of halogens is 1. The van der Waals surface area contributed by atoms with E-state index in [0.29, 0.717) is 10.7 Å². The number of rotatable bonds is 6. The minimum absolute atomic E-state index is 0.143. The van der Waals surface area contributed by atoms with E-state index in [9.17, 15) is 9.59 Å². The van der Waals surface area contributed by atoms with Crippen LogP contribution >= 0.6 is 11.6 Å². The van der Waals surface area contributed by atoms with Gasteiger partial charge in [-0.15, -0.1) is 0 Å². The van der Waals surface area contributed by atoms with E-state index >= 15 is 0 Å². The molecule has 1 fully saturated rings. The number of amides is 2. The molecule has 7 heteroatoms. The van der Waals surface area contributed by atoms with Crippen molar-refractivity contribution in [3.63, 3.8) is 0 Å². The number of nitrogens with one attached hydrogen (secondary N) is 2. The van der Waals surface area contributed by atoms with Crippen LogP contribution in [0.25, 0.3) is 0 Å². The molecule has 1 saturated heterocycles. The van der Waals surface area contributed by atoms with Gasteiger partial charge in [0.05, 0.1) is 5.56 Å². The topological polar surface area (TPSA) is 74.3 Å². The molecule has 0 saturated carbocycles. The molecule has 6 nitrogen and oxygen atoms in total. The van der Waals surface area contributed by atoms with E-state index in [1.165, 1.54) is 19.0 Å². The van der Waals surface area contributed by atoms with Crippen molar-refractivity contribution in [2.24, 2.45) is 0 Å². The van der Waals surface area contributed by atoms with Gasteiger partial charge in [-0.1, -0.05) is 17.7 Å². The second kappa shape index (κ2) is 8.86. The summed E-state index contributed by atoms with van der Waals surface area (Å²) in [5.41, 5.74) is 2.30. The molecule has 1 unspecified atom stereocenters. The standard InChI is InChI=1S/C20H23ClN4O2/c1-14(23-20(27)15-7-8-18(21)22-13-15)11-19(26)24-16-5-4-6-17(12-16)25-9-2-3-10-25/h4-8,12-14H,2-3,9-11H2,1H3,(H,23,27)(H,24,26).